The van der Waals surface area contributed by atoms with E-state index < -0.39 is 32.7 Å². The average molecular weight is 343 g/mol. The summed E-state index contributed by atoms with van der Waals surface area (Å²) in [6.45, 7) is 0. The van der Waals surface area contributed by atoms with Crippen LogP contribution in [0.4, 0.5) is 4.39 Å². The highest BCUT2D eigenvalue weighted by atomic mass is 35.5. The fourth-order valence-corrected chi connectivity index (χ4v) is 3.26. The second-order valence-electron chi connectivity index (χ2n) is 4.44. The van der Waals surface area contributed by atoms with Crippen LogP contribution in [0.25, 0.3) is 0 Å². The van der Waals surface area contributed by atoms with Gasteiger partial charge in [0.1, 0.15) is 16.8 Å². The van der Waals surface area contributed by atoms with E-state index >= 15 is 0 Å². The summed E-state index contributed by atoms with van der Waals surface area (Å²) in [5.74, 6) is -1.92. The molecule has 116 valence electrons. The van der Waals surface area contributed by atoms with E-state index in [0.717, 1.165) is 12.1 Å². The lowest BCUT2D eigenvalue weighted by molar-refractivity contribution is -0.119. The van der Waals surface area contributed by atoms with Crippen LogP contribution in [-0.4, -0.2) is 14.3 Å². The van der Waals surface area contributed by atoms with Gasteiger partial charge in [0.2, 0.25) is 15.9 Å². The van der Waals surface area contributed by atoms with Crippen molar-refractivity contribution in [3.63, 3.8) is 0 Å². The molecule has 0 spiro atoms. The number of carbonyl (C=O) groups is 1. The van der Waals surface area contributed by atoms with E-state index in [-0.39, 0.29) is 5.02 Å². The van der Waals surface area contributed by atoms with Gasteiger partial charge in [0.25, 0.3) is 0 Å². The SMILES string of the molecule is NC(=O)C(NS(=O)(=O)c1ccc(Cl)cc1F)c1ccccc1. The first-order chi connectivity index (χ1) is 10.3. The Kier molecular flexibility index (Phi) is 4.80. The van der Waals surface area contributed by atoms with Gasteiger partial charge in [-0.1, -0.05) is 41.9 Å². The predicted molar refractivity (Wildman–Crippen MR) is 80.1 cm³/mol. The monoisotopic (exact) mass is 342 g/mol. The van der Waals surface area contributed by atoms with Crippen LogP contribution >= 0.6 is 11.6 Å². The Morgan fingerprint density at radius 3 is 2.36 bits per heavy atom. The Bertz CT molecular complexity index is 797. The van der Waals surface area contributed by atoms with Crippen LogP contribution in [0.1, 0.15) is 11.6 Å². The van der Waals surface area contributed by atoms with Crippen molar-refractivity contribution >= 4 is 27.5 Å². The molecule has 0 radical (unpaired) electrons. The number of amides is 1. The maximum atomic E-state index is 13.8. The van der Waals surface area contributed by atoms with Crippen LogP contribution in [-0.2, 0) is 14.8 Å². The van der Waals surface area contributed by atoms with Crippen molar-refractivity contribution < 1.29 is 17.6 Å². The number of halogens is 2. The molecule has 0 saturated heterocycles. The molecule has 2 aromatic rings. The zero-order chi connectivity index (χ0) is 16.3. The Balaban J connectivity index is 2.39. The lowest BCUT2D eigenvalue weighted by Gasteiger charge is -2.16. The minimum Gasteiger partial charge on any atom is -0.368 e. The Hall–Kier alpha value is -1.96. The van der Waals surface area contributed by atoms with Crippen LogP contribution in [0.3, 0.4) is 0 Å². The first-order valence-corrected chi connectivity index (χ1v) is 7.99. The molecule has 0 heterocycles. The normalized spacial score (nSPS) is 12.8. The Morgan fingerprint density at radius 2 is 1.82 bits per heavy atom. The van der Waals surface area contributed by atoms with Crippen molar-refractivity contribution in [2.45, 2.75) is 10.9 Å². The molecular weight excluding hydrogens is 331 g/mol. The van der Waals surface area contributed by atoms with Crippen LogP contribution in [0.2, 0.25) is 5.02 Å². The van der Waals surface area contributed by atoms with Gasteiger partial charge >= 0.3 is 0 Å². The molecule has 1 atom stereocenters. The zero-order valence-electron chi connectivity index (χ0n) is 11.2. The van der Waals surface area contributed by atoms with Gasteiger partial charge in [0, 0.05) is 5.02 Å². The number of nitrogens with one attached hydrogen (secondary N) is 1. The number of benzene rings is 2. The molecule has 1 unspecified atom stereocenters. The van der Waals surface area contributed by atoms with Crippen molar-refractivity contribution in [1.29, 1.82) is 0 Å². The molecule has 22 heavy (non-hydrogen) atoms. The van der Waals surface area contributed by atoms with Gasteiger partial charge in [-0.15, -0.1) is 0 Å². The van der Waals surface area contributed by atoms with Gasteiger partial charge in [-0.25, -0.2) is 12.8 Å². The maximum absolute atomic E-state index is 13.8. The summed E-state index contributed by atoms with van der Waals surface area (Å²) in [5, 5.41) is 0.0611. The van der Waals surface area contributed by atoms with Crippen LogP contribution in [0.15, 0.2) is 53.4 Å². The first-order valence-electron chi connectivity index (χ1n) is 6.13. The minimum absolute atomic E-state index is 0.0611. The van der Waals surface area contributed by atoms with Crippen molar-refractivity contribution in [1.82, 2.24) is 4.72 Å². The van der Waals surface area contributed by atoms with Gasteiger partial charge in [0.15, 0.2) is 0 Å². The summed E-state index contributed by atoms with van der Waals surface area (Å²) in [7, 11) is -4.28. The highest BCUT2D eigenvalue weighted by molar-refractivity contribution is 7.89. The fraction of sp³-hybridized carbons (Fsp3) is 0.0714. The summed E-state index contributed by atoms with van der Waals surface area (Å²) in [6, 6.07) is 9.86. The third-order valence-electron chi connectivity index (χ3n) is 2.87. The first kappa shape index (κ1) is 16.4. The molecule has 0 fully saturated rings. The Labute approximate surface area is 131 Å². The minimum atomic E-state index is -4.28. The number of nitrogens with two attached hydrogens (primary N) is 1. The van der Waals surface area contributed by atoms with E-state index in [1.54, 1.807) is 18.2 Å². The predicted octanol–water partition coefficient (Wildman–Crippen LogP) is 1.98. The summed E-state index contributed by atoms with van der Waals surface area (Å²) in [5.41, 5.74) is 5.59. The molecule has 8 heteroatoms. The topological polar surface area (TPSA) is 89.3 Å². The smallest absolute Gasteiger partial charge is 0.244 e. The molecule has 2 aromatic carbocycles. The van der Waals surface area contributed by atoms with Crippen LogP contribution < -0.4 is 10.5 Å². The highest BCUT2D eigenvalue weighted by Crippen LogP contribution is 2.21. The standard InChI is InChI=1S/C14H12ClFN2O3S/c15-10-6-7-12(11(16)8-10)22(20,21)18-13(14(17)19)9-4-2-1-3-5-9/h1-8,13,18H,(H2,17,19). The number of hydrogen-bond donors (Lipinski definition) is 2. The molecule has 2 rings (SSSR count). The van der Waals surface area contributed by atoms with E-state index in [4.69, 9.17) is 17.3 Å². The molecule has 1 amide bonds. The lowest BCUT2D eigenvalue weighted by Crippen LogP contribution is -2.37. The van der Waals surface area contributed by atoms with Crippen molar-refractivity contribution in [3.8, 4) is 0 Å². The van der Waals surface area contributed by atoms with Gasteiger partial charge in [-0.05, 0) is 23.8 Å². The molecule has 0 aliphatic heterocycles. The third kappa shape index (κ3) is 3.62. The number of sulfonamides is 1. The fourth-order valence-electron chi connectivity index (χ4n) is 1.85. The van der Waals surface area contributed by atoms with E-state index in [1.165, 1.54) is 18.2 Å². The molecule has 0 aliphatic rings. The molecular formula is C14H12ClFN2O3S. The van der Waals surface area contributed by atoms with Crippen molar-refractivity contribution in [2.75, 3.05) is 0 Å². The summed E-state index contributed by atoms with van der Waals surface area (Å²) in [6.07, 6.45) is 0. The summed E-state index contributed by atoms with van der Waals surface area (Å²) in [4.78, 5) is 10.9. The van der Waals surface area contributed by atoms with Crippen LogP contribution in [0, 0.1) is 5.82 Å². The zero-order valence-corrected chi connectivity index (χ0v) is 12.7. The van der Waals surface area contributed by atoms with Crippen LogP contribution in [0.5, 0.6) is 0 Å². The average Bonchev–Trinajstić information content (AvgIpc) is 2.45. The van der Waals surface area contributed by atoms with E-state index in [9.17, 15) is 17.6 Å². The lowest BCUT2D eigenvalue weighted by atomic mass is 10.1. The quantitative estimate of drug-likeness (QED) is 0.870. The van der Waals surface area contributed by atoms with Gasteiger partial charge in [-0.2, -0.15) is 4.72 Å². The second-order valence-corrected chi connectivity index (χ2v) is 6.56. The van der Waals surface area contributed by atoms with Gasteiger partial charge < -0.3 is 5.73 Å². The molecule has 0 aliphatic carbocycles. The Morgan fingerprint density at radius 1 is 1.18 bits per heavy atom. The summed E-state index contributed by atoms with van der Waals surface area (Å²) < 4.78 is 40.4. The molecule has 0 aromatic heterocycles. The highest BCUT2D eigenvalue weighted by Gasteiger charge is 2.27. The molecule has 3 N–H and O–H groups in total. The van der Waals surface area contributed by atoms with E-state index in [0.29, 0.717) is 5.56 Å². The number of rotatable bonds is 5. The number of carbonyl (C=O) groups excluding carboxylic acids is 1. The van der Waals surface area contributed by atoms with E-state index in [2.05, 4.69) is 4.72 Å². The largest absolute Gasteiger partial charge is 0.368 e. The molecule has 0 saturated carbocycles. The van der Waals surface area contributed by atoms with Crippen molar-refractivity contribution in [2.24, 2.45) is 5.73 Å². The third-order valence-corrected chi connectivity index (χ3v) is 4.57. The second kappa shape index (κ2) is 6.43. The van der Waals surface area contributed by atoms with E-state index in [1.807, 2.05) is 0 Å². The number of primary amides is 1. The molecule has 0 bridgehead atoms. The number of hydrogen-bond acceptors (Lipinski definition) is 3. The molecule has 5 nitrogen and oxygen atoms in total. The summed E-state index contributed by atoms with van der Waals surface area (Å²) >= 11 is 5.59. The van der Waals surface area contributed by atoms with Gasteiger partial charge in [-0.3, -0.25) is 4.79 Å². The van der Waals surface area contributed by atoms with Crippen molar-refractivity contribution in [3.05, 3.63) is 64.9 Å². The maximum Gasteiger partial charge on any atom is 0.244 e. The van der Waals surface area contributed by atoms with Gasteiger partial charge in [0.05, 0.1) is 0 Å².